The molecule has 4 heteroatoms. The molecule has 0 saturated carbocycles. The van der Waals surface area contributed by atoms with Crippen LogP contribution in [0.4, 0.5) is 5.95 Å². The molecule has 1 heterocycles. The van der Waals surface area contributed by atoms with Gasteiger partial charge in [-0.05, 0) is 6.92 Å². The standard InChI is InChI=1S/C8H13N3O/c1-3-11(2)8-9-4-7(6-12)5-10-8/h4-5,12H,3,6H2,1-2H3. The summed E-state index contributed by atoms with van der Waals surface area (Å²) in [4.78, 5) is 10.1. The van der Waals surface area contributed by atoms with Crippen molar-refractivity contribution in [3.8, 4) is 0 Å². The van der Waals surface area contributed by atoms with E-state index in [1.807, 2.05) is 18.9 Å². The van der Waals surface area contributed by atoms with E-state index >= 15 is 0 Å². The van der Waals surface area contributed by atoms with Crippen molar-refractivity contribution in [3.63, 3.8) is 0 Å². The van der Waals surface area contributed by atoms with Crippen molar-refractivity contribution in [2.75, 3.05) is 18.5 Å². The second kappa shape index (κ2) is 4.01. The van der Waals surface area contributed by atoms with Gasteiger partial charge in [-0.15, -0.1) is 0 Å². The highest BCUT2D eigenvalue weighted by atomic mass is 16.3. The number of aliphatic hydroxyl groups is 1. The normalized spacial score (nSPS) is 9.92. The van der Waals surface area contributed by atoms with Gasteiger partial charge in [0.15, 0.2) is 0 Å². The highest BCUT2D eigenvalue weighted by Gasteiger charge is 1.99. The van der Waals surface area contributed by atoms with E-state index in [1.54, 1.807) is 12.4 Å². The molecule has 0 unspecified atom stereocenters. The van der Waals surface area contributed by atoms with Crippen LogP contribution in [-0.4, -0.2) is 28.7 Å². The van der Waals surface area contributed by atoms with E-state index < -0.39 is 0 Å². The number of hydrogen-bond acceptors (Lipinski definition) is 4. The van der Waals surface area contributed by atoms with Gasteiger partial charge in [0, 0.05) is 31.5 Å². The fourth-order valence-electron chi connectivity index (χ4n) is 0.768. The van der Waals surface area contributed by atoms with E-state index in [1.165, 1.54) is 0 Å². The summed E-state index contributed by atoms with van der Waals surface area (Å²) in [5, 5.41) is 8.73. The maximum absolute atomic E-state index is 8.73. The molecule has 1 aromatic heterocycles. The summed E-state index contributed by atoms with van der Waals surface area (Å²) < 4.78 is 0. The first-order valence-corrected chi connectivity index (χ1v) is 3.90. The second-order valence-corrected chi connectivity index (χ2v) is 2.56. The van der Waals surface area contributed by atoms with Crippen LogP contribution in [-0.2, 0) is 6.61 Å². The first kappa shape index (κ1) is 8.93. The monoisotopic (exact) mass is 167 g/mol. The summed E-state index contributed by atoms with van der Waals surface area (Å²) in [6.07, 6.45) is 3.27. The van der Waals surface area contributed by atoms with Crippen molar-refractivity contribution in [1.82, 2.24) is 9.97 Å². The van der Waals surface area contributed by atoms with Gasteiger partial charge in [-0.25, -0.2) is 9.97 Å². The van der Waals surface area contributed by atoms with Crippen molar-refractivity contribution < 1.29 is 5.11 Å². The lowest BCUT2D eigenvalue weighted by Crippen LogP contribution is -2.18. The summed E-state index contributed by atoms with van der Waals surface area (Å²) in [5.41, 5.74) is 0.739. The Hall–Kier alpha value is -1.16. The Morgan fingerprint density at radius 2 is 2.00 bits per heavy atom. The number of rotatable bonds is 3. The fraction of sp³-hybridized carbons (Fsp3) is 0.500. The molecule has 1 aromatic rings. The molecule has 1 N–H and O–H groups in total. The van der Waals surface area contributed by atoms with Crippen molar-refractivity contribution in [2.45, 2.75) is 13.5 Å². The largest absolute Gasteiger partial charge is 0.392 e. The number of hydrogen-bond donors (Lipinski definition) is 1. The number of anilines is 1. The minimum absolute atomic E-state index is 0.00385. The number of aromatic nitrogens is 2. The van der Waals surface area contributed by atoms with E-state index in [0.717, 1.165) is 12.1 Å². The second-order valence-electron chi connectivity index (χ2n) is 2.56. The molecule has 1 rings (SSSR count). The zero-order valence-electron chi connectivity index (χ0n) is 7.36. The smallest absolute Gasteiger partial charge is 0.224 e. The Bertz CT molecular complexity index is 235. The van der Waals surface area contributed by atoms with E-state index in [2.05, 4.69) is 9.97 Å². The maximum atomic E-state index is 8.73. The molecule has 0 radical (unpaired) electrons. The van der Waals surface area contributed by atoms with Crippen LogP contribution >= 0.6 is 0 Å². The molecule has 0 fully saturated rings. The minimum Gasteiger partial charge on any atom is -0.392 e. The van der Waals surface area contributed by atoms with Crippen molar-refractivity contribution in [2.24, 2.45) is 0 Å². The van der Waals surface area contributed by atoms with Gasteiger partial charge in [0.1, 0.15) is 0 Å². The molecule has 0 atom stereocenters. The quantitative estimate of drug-likeness (QED) is 0.709. The Morgan fingerprint density at radius 1 is 1.42 bits per heavy atom. The van der Waals surface area contributed by atoms with Gasteiger partial charge in [-0.1, -0.05) is 0 Å². The highest BCUT2D eigenvalue weighted by Crippen LogP contribution is 2.03. The lowest BCUT2D eigenvalue weighted by molar-refractivity contribution is 0.281. The molecule has 0 aliphatic heterocycles. The Morgan fingerprint density at radius 3 is 2.42 bits per heavy atom. The minimum atomic E-state index is -0.00385. The number of aliphatic hydroxyl groups excluding tert-OH is 1. The van der Waals surface area contributed by atoms with Gasteiger partial charge >= 0.3 is 0 Å². The molecule has 0 spiro atoms. The van der Waals surface area contributed by atoms with E-state index in [4.69, 9.17) is 5.11 Å². The predicted molar refractivity (Wildman–Crippen MR) is 46.9 cm³/mol. The lowest BCUT2D eigenvalue weighted by Gasteiger charge is -2.13. The van der Waals surface area contributed by atoms with Gasteiger partial charge in [-0.3, -0.25) is 0 Å². The molecule has 0 saturated heterocycles. The van der Waals surface area contributed by atoms with Crippen LogP contribution in [0.1, 0.15) is 12.5 Å². The van der Waals surface area contributed by atoms with Crippen LogP contribution in [0.25, 0.3) is 0 Å². The molecule has 0 aliphatic rings. The van der Waals surface area contributed by atoms with Gasteiger partial charge in [0.05, 0.1) is 6.61 Å². The zero-order chi connectivity index (χ0) is 8.97. The fourth-order valence-corrected chi connectivity index (χ4v) is 0.768. The van der Waals surface area contributed by atoms with Crippen LogP contribution < -0.4 is 4.90 Å². The Labute approximate surface area is 71.9 Å². The average Bonchev–Trinajstić information content (AvgIpc) is 2.17. The molecule has 66 valence electrons. The summed E-state index contributed by atoms with van der Waals surface area (Å²) in [6.45, 7) is 2.90. The molecule has 12 heavy (non-hydrogen) atoms. The molecule has 4 nitrogen and oxygen atoms in total. The van der Waals surface area contributed by atoms with Crippen LogP contribution in [0.5, 0.6) is 0 Å². The Balaban J connectivity index is 2.77. The summed E-state index contributed by atoms with van der Waals surface area (Å²) in [7, 11) is 1.92. The van der Waals surface area contributed by atoms with Gasteiger partial charge in [0.2, 0.25) is 5.95 Å². The van der Waals surface area contributed by atoms with Gasteiger partial charge in [-0.2, -0.15) is 0 Å². The van der Waals surface area contributed by atoms with Crippen LogP contribution in [0.3, 0.4) is 0 Å². The highest BCUT2D eigenvalue weighted by molar-refractivity contribution is 5.27. The third-order valence-corrected chi connectivity index (χ3v) is 1.69. The van der Waals surface area contributed by atoms with Crippen LogP contribution in [0.15, 0.2) is 12.4 Å². The molecule has 0 amide bonds. The topological polar surface area (TPSA) is 49.2 Å². The zero-order valence-corrected chi connectivity index (χ0v) is 7.36. The van der Waals surface area contributed by atoms with Gasteiger partial charge < -0.3 is 10.0 Å². The predicted octanol–water partition coefficient (Wildman–Crippen LogP) is 0.425. The van der Waals surface area contributed by atoms with Gasteiger partial charge in [0.25, 0.3) is 0 Å². The van der Waals surface area contributed by atoms with Crippen molar-refractivity contribution in [3.05, 3.63) is 18.0 Å². The summed E-state index contributed by atoms with van der Waals surface area (Å²) in [5.74, 6) is 0.690. The van der Waals surface area contributed by atoms with Crippen molar-refractivity contribution in [1.29, 1.82) is 0 Å². The SMILES string of the molecule is CCN(C)c1ncc(CO)cn1. The summed E-state index contributed by atoms with van der Waals surface area (Å²) in [6, 6.07) is 0. The molecule has 0 aromatic carbocycles. The average molecular weight is 167 g/mol. The first-order valence-electron chi connectivity index (χ1n) is 3.90. The van der Waals surface area contributed by atoms with Crippen molar-refractivity contribution >= 4 is 5.95 Å². The molecule has 0 aliphatic carbocycles. The Kier molecular flexibility index (Phi) is 2.99. The molecular weight excluding hydrogens is 154 g/mol. The van der Waals surface area contributed by atoms with E-state index in [-0.39, 0.29) is 6.61 Å². The molecule has 0 bridgehead atoms. The van der Waals surface area contributed by atoms with E-state index in [0.29, 0.717) is 5.95 Å². The number of nitrogens with zero attached hydrogens (tertiary/aromatic N) is 3. The van der Waals surface area contributed by atoms with Crippen LogP contribution in [0, 0.1) is 0 Å². The third kappa shape index (κ3) is 1.92. The summed E-state index contributed by atoms with van der Waals surface area (Å²) >= 11 is 0. The maximum Gasteiger partial charge on any atom is 0.224 e. The third-order valence-electron chi connectivity index (χ3n) is 1.69. The van der Waals surface area contributed by atoms with Crippen LogP contribution in [0.2, 0.25) is 0 Å². The first-order chi connectivity index (χ1) is 5.77. The van der Waals surface area contributed by atoms with E-state index in [9.17, 15) is 0 Å². The molecular formula is C8H13N3O. The lowest BCUT2D eigenvalue weighted by atomic mass is 10.4.